The van der Waals surface area contributed by atoms with Gasteiger partial charge in [-0.3, -0.25) is 0 Å². The van der Waals surface area contributed by atoms with E-state index in [1.807, 2.05) is 60.7 Å². The topological polar surface area (TPSA) is 57.4 Å². The lowest BCUT2D eigenvalue weighted by Crippen LogP contribution is -1.97. The molecule has 4 aromatic rings. The SMILES string of the molecule is COc1cccc(COc2ccccc2-c2nc3cccnc3o2)c1. The maximum absolute atomic E-state index is 6.00. The van der Waals surface area contributed by atoms with Crippen molar-refractivity contribution in [3.05, 3.63) is 72.4 Å². The zero-order chi connectivity index (χ0) is 17.1. The first kappa shape index (κ1) is 15.2. The van der Waals surface area contributed by atoms with Crippen LogP contribution in [0.3, 0.4) is 0 Å². The summed E-state index contributed by atoms with van der Waals surface area (Å²) in [5.74, 6) is 2.01. The lowest BCUT2D eigenvalue weighted by atomic mass is 10.2. The van der Waals surface area contributed by atoms with Gasteiger partial charge in [-0.05, 0) is 42.0 Å². The molecule has 0 radical (unpaired) electrons. The molecular formula is C20H16N2O3. The first-order valence-electron chi connectivity index (χ1n) is 7.90. The van der Waals surface area contributed by atoms with Crippen molar-refractivity contribution in [2.75, 3.05) is 7.11 Å². The number of methoxy groups -OCH3 is 1. The second-order valence-corrected chi connectivity index (χ2v) is 5.48. The summed E-state index contributed by atoms with van der Waals surface area (Å²) in [6.07, 6.45) is 1.68. The minimum atomic E-state index is 0.423. The van der Waals surface area contributed by atoms with Crippen LogP contribution in [0.1, 0.15) is 5.56 Å². The molecule has 0 N–H and O–H groups in total. The summed E-state index contributed by atoms with van der Waals surface area (Å²) in [6.45, 7) is 0.423. The van der Waals surface area contributed by atoms with Crippen molar-refractivity contribution in [3.63, 3.8) is 0 Å². The Morgan fingerprint density at radius 1 is 1.00 bits per heavy atom. The molecule has 124 valence electrons. The van der Waals surface area contributed by atoms with Crippen molar-refractivity contribution < 1.29 is 13.9 Å². The van der Waals surface area contributed by atoms with E-state index >= 15 is 0 Å². The summed E-state index contributed by atoms with van der Waals surface area (Å²) >= 11 is 0. The fourth-order valence-corrected chi connectivity index (χ4v) is 2.58. The Labute approximate surface area is 144 Å². The highest BCUT2D eigenvalue weighted by molar-refractivity contribution is 5.74. The van der Waals surface area contributed by atoms with Gasteiger partial charge in [0.15, 0.2) is 0 Å². The van der Waals surface area contributed by atoms with Crippen LogP contribution < -0.4 is 9.47 Å². The predicted molar refractivity (Wildman–Crippen MR) is 94.6 cm³/mol. The van der Waals surface area contributed by atoms with Crippen molar-refractivity contribution in [1.82, 2.24) is 9.97 Å². The number of oxazole rings is 1. The molecule has 0 unspecified atom stereocenters. The number of hydrogen-bond acceptors (Lipinski definition) is 5. The largest absolute Gasteiger partial charge is 0.497 e. The Hall–Kier alpha value is -3.34. The maximum atomic E-state index is 6.00. The zero-order valence-corrected chi connectivity index (χ0v) is 13.7. The highest BCUT2D eigenvalue weighted by atomic mass is 16.5. The smallest absolute Gasteiger partial charge is 0.247 e. The van der Waals surface area contributed by atoms with Crippen molar-refractivity contribution in [3.8, 4) is 23.0 Å². The molecule has 0 atom stereocenters. The van der Waals surface area contributed by atoms with Gasteiger partial charge in [0.05, 0.1) is 12.7 Å². The average Bonchev–Trinajstić information content (AvgIpc) is 3.11. The van der Waals surface area contributed by atoms with Gasteiger partial charge in [0, 0.05) is 6.20 Å². The van der Waals surface area contributed by atoms with Gasteiger partial charge >= 0.3 is 0 Å². The number of pyridine rings is 1. The van der Waals surface area contributed by atoms with Gasteiger partial charge in [0.1, 0.15) is 23.6 Å². The second kappa shape index (κ2) is 6.65. The second-order valence-electron chi connectivity index (χ2n) is 5.48. The summed E-state index contributed by atoms with van der Waals surface area (Å²) in [5, 5.41) is 0. The molecule has 0 fully saturated rings. The van der Waals surface area contributed by atoms with Crippen LogP contribution in [0.4, 0.5) is 0 Å². The minimum Gasteiger partial charge on any atom is -0.497 e. The highest BCUT2D eigenvalue weighted by Crippen LogP contribution is 2.31. The van der Waals surface area contributed by atoms with Crippen molar-refractivity contribution in [2.24, 2.45) is 0 Å². The number of para-hydroxylation sites is 1. The van der Waals surface area contributed by atoms with E-state index in [-0.39, 0.29) is 0 Å². The normalized spacial score (nSPS) is 10.8. The molecule has 0 aliphatic heterocycles. The fourth-order valence-electron chi connectivity index (χ4n) is 2.58. The number of nitrogens with zero attached hydrogens (tertiary/aromatic N) is 2. The molecule has 25 heavy (non-hydrogen) atoms. The maximum Gasteiger partial charge on any atom is 0.247 e. The molecular weight excluding hydrogens is 316 g/mol. The summed E-state index contributed by atoms with van der Waals surface area (Å²) < 4.78 is 17.0. The summed E-state index contributed by atoms with van der Waals surface area (Å²) in [5.41, 5.74) is 3.05. The molecule has 0 saturated carbocycles. The Bertz CT molecular complexity index is 977. The molecule has 0 aliphatic carbocycles. The van der Waals surface area contributed by atoms with Gasteiger partial charge in [-0.2, -0.15) is 0 Å². The molecule has 0 saturated heterocycles. The van der Waals surface area contributed by atoms with Crippen LogP contribution in [0.25, 0.3) is 22.7 Å². The number of fused-ring (bicyclic) bond motifs is 1. The zero-order valence-electron chi connectivity index (χ0n) is 13.7. The lowest BCUT2D eigenvalue weighted by molar-refractivity contribution is 0.305. The van der Waals surface area contributed by atoms with E-state index in [2.05, 4.69) is 9.97 Å². The van der Waals surface area contributed by atoms with E-state index in [0.29, 0.717) is 24.0 Å². The Morgan fingerprint density at radius 3 is 2.80 bits per heavy atom. The third-order valence-electron chi connectivity index (χ3n) is 3.81. The molecule has 5 heteroatoms. The molecule has 0 spiro atoms. The number of aromatic nitrogens is 2. The standard InChI is InChI=1S/C20H16N2O3/c1-23-15-7-4-6-14(12-15)13-24-18-10-3-2-8-16(18)19-22-17-9-5-11-21-20(17)25-19/h2-12H,13H2,1H3. The Balaban J connectivity index is 1.62. The van der Waals surface area contributed by atoms with Gasteiger partial charge < -0.3 is 13.9 Å². The van der Waals surface area contributed by atoms with Crippen LogP contribution in [0, 0.1) is 0 Å². The minimum absolute atomic E-state index is 0.423. The first-order valence-corrected chi connectivity index (χ1v) is 7.90. The Kier molecular flexibility index (Phi) is 4.04. The van der Waals surface area contributed by atoms with Gasteiger partial charge in [-0.1, -0.05) is 24.3 Å². The molecule has 2 heterocycles. The number of benzene rings is 2. The molecule has 2 aromatic heterocycles. The van der Waals surface area contributed by atoms with Crippen LogP contribution in [-0.4, -0.2) is 17.1 Å². The summed E-state index contributed by atoms with van der Waals surface area (Å²) in [4.78, 5) is 8.68. The third-order valence-corrected chi connectivity index (χ3v) is 3.81. The fraction of sp³-hybridized carbons (Fsp3) is 0.100. The van der Waals surface area contributed by atoms with Gasteiger partial charge in [0.2, 0.25) is 11.6 Å². The molecule has 5 nitrogen and oxygen atoms in total. The van der Waals surface area contributed by atoms with Crippen molar-refractivity contribution >= 4 is 11.2 Å². The van der Waals surface area contributed by atoms with Crippen molar-refractivity contribution in [2.45, 2.75) is 6.61 Å². The molecule has 4 rings (SSSR count). The summed E-state index contributed by atoms with van der Waals surface area (Å²) in [7, 11) is 1.65. The van der Waals surface area contributed by atoms with Crippen LogP contribution in [0.15, 0.2) is 71.3 Å². The highest BCUT2D eigenvalue weighted by Gasteiger charge is 2.13. The van der Waals surface area contributed by atoms with Crippen LogP contribution >= 0.6 is 0 Å². The quantitative estimate of drug-likeness (QED) is 0.539. The number of ether oxygens (including phenoxy) is 2. The van der Waals surface area contributed by atoms with E-state index in [4.69, 9.17) is 13.9 Å². The average molecular weight is 332 g/mol. The van der Waals surface area contributed by atoms with Crippen LogP contribution in [0.5, 0.6) is 11.5 Å². The van der Waals surface area contributed by atoms with Gasteiger partial charge in [-0.15, -0.1) is 0 Å². The molecule has 0 amide bonds. The number of rotatable bonds is 5. The van der Waals surface area contributed by atoms with Gasteiger partial charge in [-0.25, -0.2) is 9.97 Å². The first-order chi connectivity index (χ1) is 12.3. The molecule has 2 aromatic carbocycles. The van der Waals surface area contributed by atoms with E-state index in [1.54, 1.807) is 13.3 Å². The third kappa shape index (κ3) is 3.17. The van der Waals surface area contributed by atoms with E-state index in [9.17, 15) is 0 Å². The summed E-state index contributed by atoms with van der Waals surface area (Å²) in [6, 6.07) is 19.2. The van der Waals surface area contributed by atoms with Crippen molar-refractivity contribution in [1.29, 1.82) is 0 Å². The van der Waals surface area contributed by atoms with E-state index in [0.717, 1.165) is 22.4 Å². The van der Waals surface area contributed by atoms with Crippen LogP contribution in [0.2, 0.25) is 0 Å². The molecule has 0 aliphatic rings. The van der Waals surface area contributed by atoms with E-state index < -0.39 is 0 Å². The number of hydrogen-bond donors (Lipinski definition) is 0. The van der Waals surface area contributed by atoms with Crippen LogP contribution in [-0.2, 0) is 6.61 Å². The van der Waals surface area contributed by atoms with E-state index in [1.165, 1.54) is 0 Å². The van der Waals surface area contributed by atoms with Gasteiger partial charge in [0.25, 0.3) is 0 Å². The monoisotopic (exact) mass is 332 g/mol. The molecule has 0 bridgehead atoms. The lowest BCUT2D eigenvalue weighted by Gasteiger charge is -2.10. The predicted octanol–water partition coefficient (Wildman–Crippen LogP) is 4.48. The Morgan fingerprint density at radius 2 is 1.92 bits per heavy atom.